The second-order valence-corrected chi connectivity index (χ2v) is 7.66. The van der Waals surface area contributed by atoms with E-state index >= 15 is 0 Å². The predicted molar refractivity (Wildman–Crippen MR) is 117 cm³/mol. The molecule has 1 N–H and O–H groups in total. The molecular formula is C24H28N4. The van der Waals surface area contributed by atoms with Crippen molar-refractivity contribution in [2.24, 2.45) is 0 Å². The number of nitrogens with one attached hydrogen (secondary N) is 1. The van der Waals surface area contributed by atoms with Gasteiger partial charge in [0.25, 0.3) is 0 Å². The first-order chi connectivity index (χ1) is 13.5. The number of aryl methyl sites for hydroxylation is 3. The van der Waals surface area contributed by atoms with Gasteiger partial charge in [0.15, 0.2) is 0 Å². The number of fused-ring (bicyclic) bond motifs is 1. The Morgan fingerprint density at radius 2 is 1.89 bits per heavy atom. The first-order valence-electron chi connectivity index (χ1n) is 10.1. The van der Waals surface area contributed by atoms with Crippen molar-refractivity contribution in [3.8, 4) is 0 Å². The zero-order valence-electron chi connectivity index (χ0n) is 17.2. The average molecular weight is 373 g/mol. The molecule has 0 aliphatic carbocycles. The van der Waals surface area contributed by atoms with Gasteiger partial charge in [-0.15, -0.1) is 0 Å². The third-order valence-corrected chi connectivity index (χ3v) is 5.65. The standard InChI is InChI=1S/C24H28N4/c1-5-20-15-23(28-13-12-19-8-6-7-9-21(19)18(28)4)27-24(25-20)26-22-11-10-16(2)14-17(22)3/h6-11,14-15,18H,5,12-13H2,1-4H3,(H,25,26,27). The maximum absolute atomic E-state index is 4.89. The lowest BCUT2D eigenvalue weighted by Crippen LogP contribution is -2.34. The average Bonchev–Trinajstić information content (AvgIpc) is 2.70. The van der Waals surface area contributed by atoms with Crippen LogP contribution in [0.2, 0.25) is 0 Å². The highest BCUT2D eigenvalue weighted by molar-refractivity contribution is 5.61. The van der Waals surface area contributed by atoms with Crippen molar-refractivity contribution in [1.29, 1.82) is 0 Å². The zero-order chi connectivity index (χ0) is 19.7. The van der Waals surface area contributed by atoms with Crippen LogP contribution in [0.5, 0.6) is 0 Å². The van der Waals surface area contributed by atoms with Crippen LogP contribution in [0.3, 0.4) is 0 Å². The molecule has 0 fully saturated rings. The van der Waals surface area contributed by atoms with Gasteiger partial charge in [0, 0.05) is 24.0 Å². The van der Waals surface area contributed by atoms with Crippen LogP contribution in [0.25, 0.3) is 0 Å². The largest absolute Gasteiger partial charge is 0.349 e. The molecule has 4 nitrogen and oxygen atoms in total. The summed E-state index contributed by atoms with van der Waals surface area (Å²) in [6.45, 7) is 9.61. The van der Waals surface area contributed by atoms with E-state index in [0.717, 1.165) is 36.6 Å². The molecule has 1 aliphatic rings. The van der Waals surface area contributed by atoms with Crippen LogP contribution >= 0.6 is 0 Å². The first kappa shape index (κ1) is 18.5. The number of benzene rings is 2. The molecule has 4 rings (SSSR count). The molecular weight excluding hydrogens is 344 g/mol. The van der Waals surface area contributed by atoms with Crippen molar-refractivity contribution in [3.63, 3.8) is 0 Å². The van der Waals surface area contributed by atoms with E-state index < -0.39 is 0 Å². The van der Waals surface area contributed by atoms with Gasteiger partial charge in [0.2, 0.25) is 5.95 Å². The molecule has 2 heterocycles. The highest BCUT2D eigenvalue weighted by Gasteiger charge is 2.25. The predicted octanol–water partition coefficient (Wildman–Crippen LogP) is 5.52. The summed E-state index contributed by atoms with van der Waals surface area (Å²) < 4.78 is 0. The van der Waals surface area contributed by atoms with E-state index in [1.165, 1.54) is 22.3 Å². The highest BCUT2D eigenvalue weighted by Crippen LogP contribution is 2.33. The molecule has 3 aromatic rings. The Bertz CT molecular complexity index is 996. The van der Waals surface area contributed by atoms with Crippen LogP contribution in [-0.4, -0.2) is 16.5 Å². The maximum Gasteiger partial charge on any atom is 0.229 e. The quantitative estimate of drug-likeness (QED) is 0.654. The summed E-state index contributed by atoms with van der Waals surface area (Å²) in [5.74, 6) is 1.67. The summed E-state index contributed by atoms with van der Waals surface area (Å²) in [5.41, 5.74) is 7.42. The van der Waals surface area contributed by atoms with Crippen molar-refractivity contribution in [3.05, 3.63) is 76.5 Å². The van der Waals surface area contributed by atoms with E-state index in [4.69, 9.17) is 9.97 Å². The lowest BCUT2D eigenvalue weighted by Gasteiger charge is -2.36. The molecule has 0 bridgehead atoms. The minimum absolute atomic E-state index is 0.304. The Kier molecular flexibility index (Phi) is 5.03. The minimum atomic E-state index is 0.304. The topological polar surface area (TPSA) is 41.1 Å². The van der Waals surface area contributed by atoms with Gasteiger partial charge in [0.1, 0.15) is 5.82 Å². The molecule has 0 radical (unpaired) electrons. The van der Waals surface area contributed by atoms with Crippen LogP contribution in [0.4, 0.5) is 17.5 Å². The third kappa shape index (κ3) is 3.59. The number of nitrogens with zero attached hydrogens (tertiary/aromatic N) is 3. The lowest BCUT2D eigenvalue weighted by atomic mass is 9.93. The summed E-state index contributed by atoms with van der Waals surface area (Å²) >= 11 is 0. The van der Waals surface area contributed by atoms with Gasteiger partial charge in [-0.3, -0.25) is 0 Å². The Morgan fingerprint density at radius 3 is 2.68 bits per heavy atom. The van der Waals surface area contributed by atoms with Crippen molar-refractivity contribution in [2.45, 2.75) is 46.6 Å². The molecule has 0 saturated carbocycles. The SMILES string of the molecule is CCc1cc(N2CCc3ccccc3C2C)nc(Nc2ccc(C)cc2C)n1. The van der Waals surface area contributed by atoms with Crippen LogP contribution in [0.1, 0.15) is 47.8 Å². The number of anilines is 3. The monoisotopic (exact) mass is 372 g/mol. The Morgan fingerprint density at radius 1 is 1.07 bits per heavy atom. The van der Waals surface area contributed by atoms with E-state index in [2.05, 4.69) is 86.4 Å². The minimum Gasteiger partial charge on any atom is -0.349 e. The normalized spacial score (nSPS) is 16.0. The van der Waals surface area contributed by atoms with Crippen LogP contribution in [0, 0.1) is 13.8 Å². The molecule has 144 valence electrons. The summed E-state index contributed by atoms with van der Waals surface area (Å²) in [6.07, 6.45) is 1.93. The number of hydrogen-bond acceptors (Lipinski definition) is 4. The van der Waals surface area contributed by atoms with Crippen molar-refractivity contribution in [1.82, 2.24) is 9.97 Å². The van der Waals surface area contributed by atoms with Crippen LogP contribution < -0.4 is 10.2 Å². The van der Waals surface area contributed by atoms with Gasteiger partial charge in [-0.05, 0) is 56.4 Å². The second kappa shape index (κ2) is 7.63. The van der Waals surface area contributed by atoms with E-state index in [0.29, 0.717) is 12.0 Å². The maximum atomic E-state index is 4.89. The van der Waals surface area contributed by atoms with Gasteiger partial charge in [-0.25, -0.2) is 4.98 Å². The van der Waals surface area contributed by atoms with E-state index in [1.54, 1.807) is 0 Å². The highest BCUT2D eigenvalue weighted by atomic mass is 15.2. The fraction of sp³-hybridized carbons (Fsp3) is 0.333. The molecule has 0 spiro atoms. The van der Waals surface area contributed by atoms with Gasteiger partial charge in [-0.2, -0.15) is 4.98 Å². The first-order valence-corrected chi connectivity index (χ1v) is 10.1. The molecule has 0 saturated heterocycles. The lowest BCUT2D eigenvalue weighted by molar-refractivity contribution is 0.616. The molecule has 0 amide bonds. The number of hydrogen-bond donors (Lipinski definition) is 1. The van der Waals surface area contributed by atoms with Gasteiger partial charge >= 0.3 is 0 Å². The molecule has 28 heavy (non-hydrogen) atoms. The van der Waals surface area contributed by atoms with Crippen molar-refractivity contribution >= 4 is 17.5 Å². The fourth-order valence-electron chi connectivity index (χ4n) is 4.03. The summed E-state index contributed by atoms with van der Waals surface area (Å²) in [5, 5.41) is 3.44. The zero-order valence-corrected chi connectivity index (χ0v) is 17.2. The number of aromatic nitrogens is 2. The number of rotatable bonds is 4. The van der Waals surface area contributed by atoms with Crippen LogP contribution in [0.15, 0.2) is 48.5 Å². The van der Waals surface area contributed by atoms with Crippen molar-refractivity contribution in [2.75, 3.05) is 16.8 Å². The molecule has 1 aromatic heterocycles. The summed E-state index contributed by atoms with van der Waals surface area (Å²) in [4.78, 5) is 12.0. The molecule has 1 unspecified atom stereocenters. The third-order valence-electron chi connectivity index (χ3n) is 5.65. The molecule has 4 heteroatoms. The van der Waals surface area contributed by atoms with Crippen LogP contribution in [-0.2, 0) is 12.8 Å². The van der Waals surface area contributed by atoms with E-state index in [-0.39, 0.29) is 0 Å². The molecule has 2 aromatic carbocycles. The van der Waals surface area contributed by atoms with Crippen molar-refractivity contribution < 1.29 is 0 Å². The fourth-order valence-corrected chi connectivity index (χ4v) is 4.03. The molecule has 1 aliphatic heterocycles. The van der Waals surface area contributed by atoms with E-state index in [9.17, 15) is 0 Å². The van der Waals surface area contributed by atoms with E-state index in [1.807, 2.05) is 0 Å². The summed E-state index contributed by atoms with van der Waals surface area (Å²) in [6, 6.07) is 17.6. The summed E-state index contributed by atoms with van der Waals surface area (Å²) in [7, 11) is 0. The Labute approximate surface area is 167 Å². The smallest absolute Gasteiger partial charge is 0.229 e. The van der Waals surface area contributed by atoms with Gasteiger partial charge < -0.3 is 10.2 Å². The Hall–Kier alpha value is -2.88. The molecule has 1 atom stereocenters. The van der Waals surface area contributed by atoms with Gasteiger partial charge in [0.05, 0.1) is 6.04 Å². The Balaban J connectivity index is 1.67. The second-order valence-electron chi connectivity index (χ2n) is 7.66. The van der Waals surface area contributed by atoms with Gasteiger partial charge in [-0.1, -0.05) is 48.9 Å².